The minimum absolute atomic E-state index is 0.000321. The van der Waals surface area contributed by atoms with Crippen LogP contribution in [0.2, 0.25) is 0 Å². The number of carbonyl (C=O) groups is 2. The van der Waals surface area contributed by atoms with Gasteiger partial charge in [-0.25, -0.2) is 9.78 Å². The summed E-state index contributed by atoms with van der Waals surface area (Å²) in [5, 5.41) is 15.5. The number of thiazole rings is 1. The first kappa shape index (κ1) is 15.4. The summed E-state index contributed by atoms with van der Waals surface area (Å²) in [6.45, 7) is 0.211. The van der Waals surface area contributed by atoms with Crippen molar-refractivity contribution in [3.63, 3.8) is 0 Å². The molecule has 2 heterocycles. The smallest absolute Gasteiger partial charge is 0.355 e. The number of hydrogen-bond acceptors (Lipinski definition) is 5. The number of rotatable bonds is 5. The summed E-state index contributed by atoms with van der Waals surface area (Å²) in [6, 6.07) is 11.6. The molecular weight excluding hydrogens is 332 g/mol. The van der Waals surface area contributed by atoms with Crippen LogP contribution >= 0.6 is 22.7 Å². The maximum Gasteiger partial charge on any atom is 0.355 e. The van der Waals surface area contributed by atoms with Gasteiger partial charge in [0.05, 0.1) is 11.4 Å². The fraction of sp³-hybridized carbons (Fsp3) is 0.0625. The predicted octanol–water partition coefficient (Wildman–Crippen LogP) is 3.50. The molecule has 116 valence electrons. The summed E-state index contributed by atoms with van der Waals surface area (Å²) in [7, 11) is 0. The molecule has 0 aliphatic heterocycles. The number of carboxylic acids is 1. The normalized spacial score (nSPS) is 10.4. The molecule has 0 saturated heterocycles. The van der Waals surface area contributed by atoms with Crippen LogP contribution in [0.15, 0.2) is 47.2 Å². The summed E-state index contributed by atoms with van der Waals surface area (Å²) < 4.78 is 0. The Bertz CT molecular complexity index is 840. The van der Waals surface area contributed by atoms with E-state index in [2.05, 4.69) is 10.3 Å². The number of aromatic nitrogens is 1. The molecular formula is C16H12N2O3S2. The van der Waals surface area contributed by atoms with E-state index in [9.17, 15) is 9.59 Å². The third-order valence-electron chi connectivity index (χ3n) is 3.13. The van der Waals surface area contributed by atoms with E-state index in [1.807, 2.05) is 41.8 Å². The van der Waals surface area contributed by atoms with E-state index in [1.165, 1.54) is 28.1 Å². The van der Waals surface area contributed by atoms with Gasteiger partial charge in [0.1, 0.15) is 5.01 Å². The van der Waals surface area contributed by atoms with Crippen LogP contribution in [0.3, 0.4) is 0 Å². The van der Waals surface area contributed by atoms with Crippen molar-refractivity contribution in [2.45, 2.75) is 6.54 Å². The van der Waals surface area contributed by atoms with Gasteiger partial charge in [-0.3, -0.25) is 4.79 Å². The Morgan fingerprint density at radius 2 is 1.91 bits per heavy atom. The van der Waals surface area contributed by atoms with Gasteiger partial charge in [0.15, 0.2) is 5.69 Å². The van der Waals surface area contributed by atoms with Gasteiger partial charge in [0, 0.05) is 10.9 Å². The summed E-state index contributed by atoms with van der Waals surface area (Å²) in [5.74, 6) is -1.26. The van der Waals surface area contributed by atoms with Crippen LogP contribution in [0.4, 0.5) is 0 Å². The van der Waals surface area contributed by atoms with Gasteiger partial charge in [-0.15, -0.1) is 22.7 Å². The third-order valence-corrected chi connectivity index (χ3v) is 4.89. The van der Waals surface area contributed by atoms with E-state index < -0.39 is 5.97 Å². The minimum Gasteiger partial charge on any atom is -0.476 e. The lowest BCUT2D eigenvalue weighted by Gasteiger charge is -2.05. The highest BCUT2D eigenvalue weighted by Crippen LogP contribution is 2.28. The predicted molar refractivity (Wildman–Crippen MR) is 90.0 cm³/mol. The van der Waals surface area contributed by atoms with Crippen LogP contribution in [0.1, 0.15) is 25.2 Å². The average Bonchev–Trinajstić information content (AvgIpc) is 3.23. The zero-order chi connectivity index (χ0) is 16.2. The fourth-order valence-corrected chi connectivity index (χ4v) is 3.60. The molecule has 1 aromatic carbocycles. The second kappa shape index (κ2) is 6.72. The molecule has 0 aliphatic carbocycles. The van der Waals surface area contributed by atoms with E-state index in [4.69, 9.17) is 5.11 Å². The number of hydrogen-bond donors (Lipinski definition) is 2. The molecule has 3 aromatic rings. The van der Waals surface area contributed by atoms with Crippen molar-refractivity contribution in [2.75, 3.05) is 0 Å². The molecule has 7 heteroatoms. The third kappa shape index (κ3) is 3.46. The largest absolute Gasteiger partial charge is 0.476 e. The molecule has 0 atom stereocenters. The van der Waals surface area contributed by atoms with Gasteiger partial charge in [-0.05, 0) is 17.0 Å². The number of nitrogens with zero attached hydrogens (tertiary/aromatic N) is 1. The van der Waals surface area contributed by atoms with Gasteiger partial charge < -0.3 is 10.4 Å². The highest BCUT2D eigenvalue weighted by Gasteiger charge is 2.15. The lowest BCUT2D eigenvalue weighted by Crippen LogP contribution is -2.22. The number of thiophene rings is 1. The zero-order valence-corrected chi connectivity index (χ0v) is 13.5. The first-order chi connectivity index (χ1) is 11.1. The molecule has 5 nitrogen and oxygen atoms in total. The number of carbonyl (C=O) groups excluding carboxylic acids is 1. The van der Waals surface area contributed by atoms with E-state index >= 15 is 0 Å². The first-order valence-corrected chi connectivity index (χ1v) is 8.50. The molecule has 23 heavy (non-hydrogen) atoms. The van der Waals surface area contributed by atoms with Crippen LogP contribution in [-0.2, 0) is 6.54 Å². The number of carboxylic acid groups (broad SMARTS) is 1. The molecule has 0 radical (unpaired) electrons. The van der Waals surface area contributed by atoms with Crippen molar-refractivity contribution in [2.24, 2.45) is 0 Å². The lowest BCUT2D eigenvalue weighted by molar-refractivity contribution is 0.0691. The van der Waals surface area contributed by atoms with Crippen LogP contribution in [0, 0.1) is 0 Å². The van der Waals surface area contributed by atoms with Gasteiger partial charge in [-0.2, -0.15) is 0 Å². The average molecular weight is 344 g/mol. The maximum absolute atomic E-state index is 12.4. The Hall–Kier alpha value is -2.51. The van der Waals surface area contributed by atoms with E-state index in [0.717, 1.165) is 11.1 Å². The van der Waals surface area contributed by atoms with Crippen molar-refractivity contribution in [3.8, 4) is 11.1 Å². The Morgan fingerprint density at radius 1 is 1.13 bits per heavy atom. The van der Waals surface area contributed by atoms with Crippen LogP contribution in [0.5, 0.6) is 0 Å². The summed E-state index contributed by atoms with van der Waals surface area (Å²) in [5.41, 5.74) is 1.88. The molecule has 2 N–H and O–H groups in total. The molecule has 0 unspecified atom stereocenters. The molecule has 0 spiro atoms. The molecule has 0 aliphatic rings. The molecule has 3 rings (SSSR count). The number of nitrogens with one attached hydrogen (secondary N) is 1. The number of aromatic carboxylic acids is 1. The Labute approximate surface area is 140 Å². The van der Waals surface area contributed by atoms with Gasteiger partial charge in [0.2, 0.25) is 0 Å². The van der Waals surface area contributed by atoms with Crippen LogP contribution in [0.25, 0.3) is 11.1 Å². The lowest BCUT2D eigenvalue weighted by atomic mass is 10.1. The Morgan fingerprint density at radius 3 is 2.61 bits per heavy atom. The number of amides is 1. The van der Waals surface area contributed by atoms with Gasteiger partial charge in [-0.1, -0.05) is 30.3 Å². The molecule has 2 aromatic heterocycles. The zero-order valence-electron chi connectivity index (χ0n) is 11.9. The van der Waals surface area contributed by atoms with E-state index in [-0.39, 0.29) is 18.1 Å². The minimum atomic E-state index is -1.07. The highest BCUT2D eigenvalue weighted by molar-refractivity contribution is 7.12. The van der Waals surface area contributed by atoms with Gasteiger partial charge >= 0.3 is 5.97 Å². The molecule has 0 saturated carbocycles. The Kier molecular flexibility index (Phi) is 4.50. The summed E-state index contributed by atoms with van der Waals surface area (Å²) in [4.78, 5) is 27.8. The first-order valence-electron chi connectivity index (χ1n) is 6.74. The molecule has 0 fully saturated rings. The number of benzene rings is 1. The standard InChI is InChI=1S/C16H12N2O3S2/c19-15(17-8-13-18-12(9-23-13)16(20)21)14-11(6-7-22-14)10-4-2-1-3-5-10/h1-7,9H,8H2,(H,17,19)(H,20,21). The molecule has 0 bridgehead atoms. The summed E-state index contributed by atoms with van der Waals surface area (Å²) in [6.07, 6.45) is 0. The van der Waals surface area contributed by atoms with Crippen LogP contribution < -0.4 is 5.32 Å². The maximum atomic E-state index is 12.4. The van der Waals surface area contributed by atoms with Crippen molar-refractivity contribution >= 4 is 34.6 Å². The Balaban J connectivity index is 1.72. The molecule has 1 amide bonds. The van der Waals surface area contributed by atoms with Gasteiger partial charge in [0.25, 0.3) is 5.91 Å². The second-order valence-corrected chi connectivity index (χ2v) is 6.50. The quantitative estimate of drug-likeness (QED) is 0.742. The summed E-state index contributed by atoms with van der Waals surface area (Å²) >= 11 is 2.59. The topological polar surface area (TPSA) is 79.3 Å². The second-order valence-electron chi connectivity index (χ2n) is 4.64. The highest BCUT2D eigenvalue weighted by atomic mass is 32.1. The van der Waals surface area contributed by atoms with Crippen LogP contribution in [-0.4, -0.2) is 22.0 Å². The van der Waals surface area contributed by atoms with Crippen molar-refractivity contribution in [3.05, 3.63) is 62.7 Å². The monoisotopic (exact) mass is 344 g/mol. The van der Waals surface area contributed by atoms with Crippen molar-refractivity contribution < 1.29 is 14.7 Å². The van der Waals surface area contributed by atoms with E-state index in [1.54, 1.807) is 0 Å². The van der Waals surface area contributed by atoms with Crippen molar-refractivity contribution in [1.29, 1.82) is 0 Å². The SMILES string of the molecule is O=C(O)c1csc(CNC(=O)c2sccc2-c2ccccc2)n1. The fourth-order valence-electron chi connectivity index (χ4n) is 2.06. The van der Waals surface area contributed by atoms with E-state index in [0.29, 0.717) is 9.88 Å². The van der Waals surface area contributed by atoms with Crippen molar-refractivity contribution in [1.82, 2.24) is 10.3 Å².